The van der Waals surface area contributed by atoms with E-state index < -0.39 is 15.4 Å². The van der Waals surface area contributed by atoms with E-state index in [-0.39, 0.29) is 15.6 Å². The van der Waals surface area contributed by atoms with Gasteiger partial charge in [-0.3, -0.25) is 4.79 Å². The summed E-state index contributed by atoms with van der Waals surface area (Å²) in [4.78, 5) is 15.1. The molecule has 0 unspecified atom stereocenters. The highest BCUT2D eigenvalue weighted by Gasteiger charge is 2.27. The van der Waals surface area contributed by atoms with E-state index in [0.717, 1.165) is 10.0 Å². The monoisotopic (exact) mass is 432 g/mol. The van der Waals surface area contributed by atoms with E-state index in [2.05, 4.69) is 31.2 Å². The standard InChI is InChI=1S/C17H13BrN4O3S/c1-9-3-6-14(10(2)7-9)26(24,25)17-15-19-16(23)12-5-4-11(18)8-13(12)22(15)21-20-17/h3-8H,1-2H3,(H,19,23). The molecule has 4 aromatic rings. The molecular weight excluding hydrogens is 420 g/mol. The number of aryl methyl sites for hydroxylation is 2. The first-order chi connectivity index (χ1) is 12.3. The van der Waals surface area contributed by atoms with E-state index in [4.69, 9.17) is 0 Å². The summed E-state index contributed by atoms with van der Waals surface area (Å²) < 4.78 is 28.3. The number of benzene rings is 2. The first-order valence-electron chi connectivity index (χ1n) is 7.68. The first-order valence-corrected chi connectivity index (χ1v) is 9.96. The van der Waals surface area contributed by atoms with Gasteiger partial charge in [0.15, 0.2) is 5.65 Å². The van der Waals surface area contributed by atoms with Crippen molar-refractivity contribution >= 4 is 42.3 Å². The quantitative estimate of drug-likeness (QED) is 0.525. The Morgan fingerprint density at radius 3 is 2.62 bits per heavy atom. The van der Waals surface area contributed by atoms with Crippen LogP contribution in [0.15, 0.2) is 55.6 Å². The number of hydrogen-bond acceptors (Lipinski definition) is 5. The highest BCUT2D eigenvalue weighted by Crippen LogP contribution is 2.26. The van der Waals surface area contributed by atoms with Gasteiger partial charge >= 0.3 is 0 Å². The van der Waals surface area contributed by atoms with Gasteiger partial charge in [-0.2, -0.15) is 4.52 Å². The lowest BCUT2D eigenvalue weighted by Crippen LogP contribution is -2.12. The number of nitrogens with one attached hydrogen (secondary N) is 1. The Kier molecular flexibility index (Phi) is 3.74. The molecule has 2 aromatic heterocycles. The third-order valence-electron chi connectivity index (χ3n) is 4.18. The Labute approximate surface area is 156 Å². The van der Waals surface area contributed by atoms with Crippen LogP contribution in [0.25, 0.3) is 16.6 Å². The van der Waals surface area contributed by atoms with Crippen molar-refractivity contribution in [1.82, 2.24) is 19.8 Å². The maximum atomic E-state index is 13.1. The molecule has 0 saturated carbocycles. The second-order valence-corrected chi connectivity index (χ2v) is 8.79. The summed E-state index contributed by atoms with van der Waals surface area (Å²) in [5.41, 5.74) is 1.67. The molecule has 0 radical (unpaired) electrons. The van der Waals surface area contributed by atoms with Crippen LogP contribution in [0.4, 0.5) is 0 Å². The molecule has 132 valence electrons. The minimum absolute atomic E-state index is 0.0422. The van der Waals surface area contributed by atoms with Crippen LogP contribution in [0, 0.1) is 13.8 Å². The lowest BCUT2D eigenvalue weighted by molar-refractivity contribution is 0.592. The van der Waals surface area contributed by atoms with E-state index in [1.165, 1.54) is 4.52 Å². The molecule has 0 aliphatic carbocycles. The van der Waals surface area contributed by atoms with Crippen molar-refractivity contribution in [2.75, 3.05) is 0 Å². The molecule has 1 N–H and O–H groups in total. The summed E-state index contributed by atoms with van der Waals surface area (Å²) in [6, 6.07) is 10.1. The van der Waals surface area contributed by atoms with Gasteiger partial charge in [0.1, 0.15) is 0 Å². The minimum atomic E-state index is -3.94. The van der Waals surface area contributed by atoms with Crippen molar-refractivity contribution in [2.24, 2.45) is 0 Å². The molecule has 0 bridgehead atoms. The summed E-state index contributed by atoms with van der Waals surface area (Å²) in [5.74, 6) is 0. The minimum Gasteiger partial charge on any atom is -0.304 e. The normalized spacial score (nSPS) is 12.1. The van der Waals surface area contributed by atoms with Crippen molar-refractivity contribution < 1.29 is 8.42 Å². The summed E-state index contributed by atoms with van der Waals surface area (Å²) in [6.45, 7) is 3.61. The Balaban J connectivity index is 2.07. The van der Waals surface area contributed by atoms with Gasteiger partial charge in [-0.15, -0.1) is 5.10 Å². The second kappa shape index (κ2) is 5.75. The zero-order valence-corrected chi connectivity index (χ0v) is 16.2. The fourth-order valence-electron chi connectivity index (χ4n) is 2.98. The van der Waals surface area contributed by atoms with Gasteiger partial charge in [-0.25, -0.2) is 8.42 Å². The van der Waals surface area contributed by atoms with E-state index in [1.54, 1.807) is 43.3 Å². The van der Waals surface area contributed by atoms with Crippen LogP contribution in [0.2, 0.25) is 0 Å². The number of rotatable bonds is 2. The lowest BCUT2D eigenvalue weighted by atomic mass is 10.2. The molecular formula is C17H13BrN4O3S. The fourth-order valence-corrected chi connectivity index (χ4v) is 4.80. The molecule has 4 rings (SSSR count). The molecule has 0 aliphatic rings. The zero-order valence-electron chi connectivity index (χ0n) is 13.8. The highest BCUT2D eigenvalue weighted by molar-refractivity contribution is 9.10. The molecule has 0 saturated heterocycles. The van der Waals surface area contributed by atoms with Gasteiger partial charge in [0, 0.05) is 4.47 Å². The van der Waals surface area contributed by atoms with Gasteiger partial charge in [-0.05, 0) is 43.7 Å². The second-order valence-electron chi connectivity index (χ2n) is 6.04. The van der Waals surface area contributed by atoms with Crippen LogP contribution in [-0.2, 0) is 9.84 Å². The van der Waals surface area contributed by atoms with E-state index in [1.807, 2.05) is 6.92 Å². The maximum Gasteiger partial charge on any atom is 0.259 e. The number of aromatic nitrogens is 4. The van der Waals surface area contributed by atoms with Crippen molar-refractivity contribution in [2.45, 2.75) is 23.8 Å². The first kappa shape index (κ1) is 16.9. The SMILES string of the molecule is Cc1ccc(S(=O)(=O)c2nnn3c2[nH]c(=O)c2ccc(Br)cc23)c(C)c1. The van der Waals surface area contributed by atoms with Gasteiger partial charge in [0.2, 0.25) is 14.9 Å². The van der Waals surface area contributed by atoms with Crippen LogP contribution < -0.4 is 5.56 Å². The van der Waals surface area contributed by atoms with Gasteiger partial charge in [0.25, 0.3) is 5.56 Å². The third kappa shape index (κ3) is 2.46. The molecule has 2 aromatic carbocycles. The average Bonchev–Trinajstić information content (AvgIpc) is 2.99. The molecule has 0 aliphatic heterocycles. The molecule has 0 atom stereocenters. The van der Waals surface area contributed by atoms with Crippen LogP contribution in [0.5, 0.6) is 0 Å². The average molecular weight is 433 g/mol. The van der Waals surface area contributed by atoms with Gasteiger partial charge < -0.3 is 4.98 Å². The van der Waals surface area contributed by atoms with Crippen molar-refractivity contribution in [3.63, 3.8) is 0 Å². The maximum absolute atomic E-state index is 13.1. The number of aromatic amines is 1. The molecule has 7 nitrogen and oxygen atoms in total. The predicted octanol–water partition coefficient (Wildman–Crippen LogP) is 2.78. The molecule has 0 spiro atoms. The molecule has 0 fully saturated rings. The van der Waals surface area contributed by atoms with Crippen LogP contribution in [0.3, 0.4) is 0 Å². The van der Waals surface area contributed by atoms with Crippen LogP contribution in [-0.4, -0.2) is 28.2 Å². The van der Waals surface area contributed by atoms with E-state index >= 15 is 0 Å². The largest absolute Gasteiger partial charge is 0.304 e. The topological polar surface area (TPSA) is 97.2 Å². The van der Waals surface area contributed by atoms with Gasteiger partial charge in [0.05, 0.1) is 15.8 Å². The lowest BCUT2D eigenvalue weighted by Gasteiger charge is -2.07. The van der Waals surface area contributed by atoms with E-state index in [0.29, 0.717) is 16.5 Å². The number of H-pyrrole nitrogens is 1. The summed E-state index contributed by atoms with van der Waals surface area (Å²) in [7, 11) is -3.94. The smallest absolute Gasteiger partial charge is 0.259 e. The highest BCUT2D eigenvalue weighted by atomic mass is 79.9. The summed E-state index contributed by atoms with van der Waals surface area (Å²) in [6.07, 6.45) is 0. The Morgan fingerprint density at radius 1 is 1.12 bits per heavy atom. The van der Waals surface area contributed by atoms with Crippen molar-refractivity contribution in [3.8, 4) is 0 Å². The van der Waals surface area contributed by atoms with Crippen molar-refractivity contribution in [3.05, 3.63) is 62.4 Å². The predicted molar refractivity (Wildman–Crippen MR) is 100 cm³/mol. The van der Waals surface area contributed by atoms with Gasteiger partial charge in [-0.1, -0.05) is 38.8 Å². The Morgan fingerprint density at radius 2 is 1.88 bits per heavy atom. The molecule has 26 heavy (non-hydrogen) atoms. The number of nitrogens with zero attached hydrogens (tertiary/aromatic N) is 3. The van der Waals surface area contributed by atoms with E-state index in [9.17, 15) is 13.2 Å². The number of sulfone groups is 1. The number of fused-ring (bicyclic) bond motifs is 3. The van der Waals surface area contributed by atoms with Crippen LogP contribution in [0.1, 0.15) is 11.1 Å². The number of halogens is 1. The van der Waals surface area contributed by atoms with Crippen LogP contribution >= 0.6 is 15.9 Å². The third-order valence-corrected chi connectivity index (χ3v) is 6.49. The Bertz CT molecular complexity index is 1360. The number of hydrogen-bond donors (Lipinski definition) is 1. The zero-order chi connectivity index (χ0) is 18.6. The Hall–Kier alpha value is -2.52. The molecule has 9 heteroatoms. The molecule has 2 heterocycles. The summed E-state index contributed by atoms with van der Waals surface area (Å²) in [5, 5.41) is 7.95. The molecule has 0 amide bonds. The van der Waals surface area contributed by atoms with Crippen molar-refractivity contribution in [1.29, 1.82) is 0 Å². The fraction of sp³-hybridized carbons (Fsp3) is 0.118. The summed E-state index contributed by atoms with van der Waals surface area (Å²) >= 11 is 3.35.